The minimum absolute atomic E-state index is 0.430. The van der Waals surface area contributed by atoms with E-state index in [1.807, 2.05) is 6.92 Å². The van der Waals surface area contributed by atoms with Crippen LogP contribution in [0.1, 0.15) is 16.8 Å². The molecular weight excluding hydrogens is 307 g/mol. The summed E-state index contributed by atoms with van der Waals surface area (Å²) in [6, 6.07) is 9.24. The fraction of sp³-hybridized carbons (Fsp3) is 0.133. The Labute approximate surface area is 131 Å². The monoisotopic (exact) mass is 316 g/mol. The quantitative estimate of drug-likeness (QED) is 0.719. The first-order chi connectivity index (χ1) is 10.1. The minimum atomic E-state index is 0.430. The van der Waals surface area contributed by atoms with E-state index in [0.29, 0.717) is 22.2 Å². The molecule has 4 nitrogen and oxygen atoms in total. The summed E-state index contributed by atoms with van der Waals surface area (Å²) in [5.74, 6) is 0. The fourth-order valence-corrected chi connectivity index (χ4v) is 2.74. The van der Waals surface area contributed by atoms with E-state index >= 15 is 0 Å². The van der Waals surface area contributed by atoms with Crippen LogP contribution < -0.4 is 0 Å². The molecule has 0 spiro atoms. The zero-order valence-corrected chi connectivity index (χ0v) is 12.7. The van der Waals surface area contributed by atoms with Crippen LogP contribution in [0.2, 0.25) is 10.0 Å². The van der Waals surface area contributed by atoms with Crippen molar-refractivity contribution in [2.24, 2.45) is 0 Å². The predicted molar refractivity (Wildman–Crippen MR) is 82.5 cm³/mol. The van der Waals surface area contributed by atoms with Gasteiger partial charge in [0.15, 0.2) is 0 Å². The van der Waals surface area contributed by atoms with Crippen LogP contribution in [0.25, 0.3) is 11.0 Å². The first-order valence-corrected chi connectivity index (χ1v) is 7.02. The zero-order valence-electron chi connectivity index (χ0n) is 11.1. The third-order valence-electron chi connectivity index (χ3n) is 3.26. The summed E-state index contributed by atoms with van der Waals surface area (Å²) in [5.41, 5.74) is 3.67. The highest BCUT2D eigenvalue weighted by Gasteiger charge is 2.13. The molecule has 2 aromatic heterocycles. The number of nitriles is 1. The van der Waals surface area contributed by atoms with Gasteiger partial charge in [-0.25, -0.2) is 0 Å². The topological polar surface area (TPSA) is 54.5 Å². The molecule has 0 fully saturated rings. The Bertz CT molecular complexity index is 857. The first-order valence-electron chi connectivity index (χ1n) is 6.26. The van der Waals surface area contributed by atoms with Gasteiger partial charge in [0.2, 0.25) is 0 Å². The van der Waals surface area contributed by atoms with Crippen LogP contribution in [-0.2, 0) is 6.54 Å². The van der Waals surface area contributed by atoms with Gasteiger partial charge < -0.3 is 0 Å². The Morgan fingerprint density at radius 1 is 1.29 bits per heavy atom. The number of aryl methyl sites for hydroxylation is 1. The maximum Gasteiger partial charge on any atom is 0.111 e. The van der Waals surface area contributed by atoms with Crippen LogP contribution in [-0.4, -0.2) is 14.8 Å². The lowest BCUT2D eigenvalue weighted by atomic mass is 10.2. The standard InChI is InChI=1S/C15H10Cl2N4/c1-9-15-14(5-10(6-18)7-19-15)21(20-9)8-11-12(16)3-2-4-13(11)17/h2-5,7H,8H2,1H3. The normalized spacial score (nSPS) is 10.8. The summed E-state index contributed by atoms with van der Waals surface area (Å²) >= 11 is 12.4. The van der Waals surface area contributed by atoms with Crippen molar-refractivity contribution < 1.29 is 0 Å². The lowest BCUT2D eigenvalue weighted by Crippen LogP contribution is -2.03. The fourth-order valence-electron chi connectivity index (χ4n) is 2.23. The number of hydrogen-bond acceptors (Lipinski definition) is 3. The molecule has 1 aromatic carbocycles. The van der Waals surface area contributed by atoms with E-state index in [1.165, 1.54) is 0 Å². The molecular formula is C15H10Cl2N4. The van der Waals surface area contributed by atoms with Crippen molar-refractivity contribution in [3.63, 3.8) is 0 Å². The summed E-state index contributed by atoms with van der Waals surface area (Å²) in [7, 11) is 0. The SMILES string of the molecule is Cc1nn(Cc2c(Cl)cccc2Cl)c2cc(C#N)cnc12. The number of halogens is 2. The number of fused-ring (bicyclic) bond motifs is 1. The maximum atomic E-state index is 9.01. The third kappa shape index (κ3) is 2.46. The van der Waals surface area contributed by atoms with Gasteiger partial charge in [0.1, 0.15) is 11.6 Å². The second kappa shape index (κ2) is 5.36. The van der Waals surface area contributed by atoms with Gasteiger partial charge >= 0.3 is 0 Å². The lowest BCUT2D eigenvalue weighted by molar-refractivity contribution is 0.703. The molecule has 0 unspecified atom stereocenters. The predicted octanol–water partition coefficient (Wildman–Crippen LogP) is 3.97. The molecule has 0 aliphatic carbocycles. The van der Waals surface area contributed by atoms with Crippen LogP contribution in [0, 0.1) is 18.3 Å². The first kappa shape index (κ1) is 13.9. The summed E-state index contributed by atoms with van der Waals surface area (Å²) < 4.78 is 1.77. The second-order valence-electron chi connectivity index (χ2n) is 4.65. The summed E-state index contributed by atoms with van der Waals surface area (Å²) in [4.78, 5) is 4.29. The van der Waals surface area contributed by atoms with E-state index in [0.717, 1.165) is 22.3 Å². The molecule has 6 heteroatoms. The highest BCUT2D eigenvalue weighted by molar-refractivity contribution is 6.36. The van der Waals surface area contributed by atoms with Gasteiger partial charge in [-0.05, 0) is 25.1 Å². The van der Waals surface area contributed by atoms with E-state index in [9.17, 15) is 0 Å². The molecule has 0 amide bonds. The Morgan fingerprint density at radius 2 is 2.00 bits per heavy atom. The van der Waals surface area contributed by atoms with Gasteiger partial charge in [0, 0.05) is 21.8 Å². The van der Waals surface area contributed by atoms with Crippen molar-refractivity contribution in [3.8, 4) is 6.07 Å². The second-order valence-corrected chi connectivity index (χ2v) is 5.46. The molecule has 21 heavy (non-hydrogen) atoms. The number of rotatable bonds is 2. The molecule has 0 aliphatic rings. The van der Waals surface area contributed by atoms with Crippen molar-refractivity contribution in [1.82, 2.24) is 14.8 Å². The Balaban J connectivity index is 2.15. The molecule has 0 bridgehead atoms. The van der Waals surface area contributed by atoms with Gasteiger partial charge in [0.05, 0.1) is 23.3 Å². The molecule has 0 radical (unpaired) electrons. The Morgan fingerprint density at radius 3 is 2.67 bits per heavy atom. The summed E-state index contributed by atoms with van der Waals surface area (Å²) in [5, 5.41) is 14.7. The molecule has 0 N–H and O–H groups in total. The number of aromatic nitrogens is 3. The largest absolute Gasteiger partial charge is 0.258 e. The molecule has 3 rings (SSSR count). The highest BCUT2D eigenvalue weighted by Crippen LogP contribution is 2.26. The Kier molecular flexibility index (Phi) is 3.54. The zero-order chi connectivity index (χ0) is 15.0. The van der Waals surface area contributed by atoms with Crippen LogP contribution in [0.3, 0.4) is 0 Å². The van der Waals surface area contributed by atoms with E-state index in [1.54, 1.807) is 35.1 Å². The number of nitrogens with zero attached hydrogens (tertiary/aromatic N) is 4. The van der Waals surface area contributed by atoms with Crippen molar-refractivity contribution in [2.45, 2.75) is 13.5 Å². The smallest absolute Gasteiger partial charge is 0.111 e. The third-order valence-corrected chi connectivity index (χ3v) is 3.97. The van der Waals surface area contributed by atoms with E-state index < -0.39 is 0 Å². The lowest BCUT2D eigenvalue weighted by Gasteiger charge is -2.08. The average molecular weight is 317 g/mol. The van der Waals surface area contributed by atoms with Crippen molar-refractivity contribution in [1.29, 1.82) is 5.26 Å². The maximum absolute atomic E-state index is 9.01. The number of benzene rings is 1. The van der Waals surface area contributed by atoms with Gasteiger partial charge in [-0.2, -0.15) is 10.4 Å². The van der Waals surface area contributed by atoms with Gasteiger partial charge in [0.25, 0.3) is 0 Å². The number of pyridine rings is 1. The van der Waals surface area contributed by atoms with E-state index in [4.69, 9.17) is 28.5 Å². The molecule has 104 valence electrons. The van der Waals surface area contributed by atoms with Crippen molar-refractivity contribution in [3.05, 3.63) is 57.3 Å². The molecule has 0 aliphatic heterocycles. The highest BCUT2D eigenvalue weighted by atomic mass is 35.5. The van der Waals surface area contributed by atoms with E-state index in [-0.39, 0.29) is 0 Å². The molecule has 0 saturated heterocycles. The summed E-state index contributed by atoms with van der Waals surface area (Å²) in [6.45, 7) is 2.31. The van der Waals surface area contributed by atoms with Crippen LogP contribution in [0.4, 0.5) is 0 Å². The van der Waals surface area contributed by atoms with Crippen LogP contribution in [0.15, 0.2) is 30.5 Å². The van der Waals surface area contributed by atoms with Crippen molar-refractivity contribution >= 4 is 34.2 Å². The summed E-state index contributed by atoms with van der Waals surface area (Å²) in [6.07, 6.45) is 1.55. The van der Waals surface area contributed by atoms with Gasteiger partial charge in [-0.15, -0.1) is 0 Å². The Hall–Kier alpha value is -2.09. The molecule has 0 atom stereocenters. The van der Waals surface area contributed by atoms with Crippen LogP contribution in [0.5, 0.6) is 0 Å². The molecule has 3 aromatic rings. The van der Waals surface area contributed by atoms with Crippen molar-refractivity contribution in [2.75, 3.05) is 0 Å². The van der Waals surface area contributed by atoms with Crippen LogP contribution >= 0.6 is 23.2 Å². The van der Waals surface area contributed by atoms with Gasteiger partial charge in [-0.3, -0.25) is 9.67 Å². The number of hydrogen-bond donors (Lipinski definition) is 0. The average Bonchev–Trinajstić information content (AvgIpc) is 2.79. The van der Waals surface area contributed by atoms with Gasteiger partial charge in [-0.1, -0.05) is 29.3 Å². The minimum Gasteiger partial charge on any atom is -0.258 e. The molecule has 0 saturated carbocycles. The van der Waals surface area contributed by atoms with E-state index in [2.05, 4.69) is 16.2 Å². The molecule has 2 heterocycles.